The third-order valence-corrected chi connectivity index (χ3v) is 4.14. The molecular formula is C19H26N2O3. The van der Waals surface area contributed by atoms with E-state index in [4.69, 9.17) is 9.47 Å². The zero-order valence-electron chi connectivity index (χ0n) is 14.8. The fraction of sp³-hybridized carbons (Fsp3) is 0.632. The topological polar surface area (TPSA) is 72.2 Å². The quantitative estimate of drug-likeness (QED) is 0.765. The van der Waals surface area contributed by atoms with Gasteiger partial charge in [0.05, 0.1) is 36.4 Å². The molecular weight excluding hydrogens is 304 g/mol. The summed E-state index contributed by atoms with van der Waals surface area (Å²) in [5.74, 6) is 0.323. The molecule has 0 unspecified atom stereocenters. The van der Waals surface area contributed by atoms with E-state index in [1.807, 2.05) is 32.9 Å². The van der Waals surface area contributed by atoms with E-state index >= 15 is 0 Å². The molecule has 0 spiro atoms. The normalized spacial score (nSPS) is 16.9. The molecule has 1 heterocycles. The highest BCUT2D eigenvalue weighted by atomic mass is 16.6. The average molecular weight is 330 g/mol. The summed E-state index contributed by atoms with van der Waals surface area (Å²) in [6, 6.07) is 6.17. The molecule has 0 aliphatic heterocycles. The second-order valence-corrected chi connectivity index (χ2v) is 7.32. The van der Waals surface area contributed by atoms with Gasteiger partial charge in [0.1, 0.15) is 11.4 Å². The predicted octanol–water partition coefficient (Wildman–Crippen LogP) is 3.92. The maximum atomic E-state index is 11.6. The third kappa shape index (κ3) is 4.95. The lowest BCUT2D eigenvalue weighted by Gasteiger charge is -2.29. The van der Waals surface area contributed by atoms with Gasteiger partial charge in [0, 0.05) is 0 Å². The molecule has 1 aromatic rings. The van der Waals surface area contributed by atoms with Crippen LogP contribution in [-0.2, 0) is 14.9 Å². The molecule has 0 saturated heterocycles. The number of rotatable bonds is 5. The van der Waals surface area contributed by atoms with Gasteiger partial charge >= 0.3 is 5.97 Å². The Morgan fingerprint density at radius 2 is 2.00 bits per heavy atom. The van der Waals surface area contributed by atoms with Crippen molar-refractivity contribution in [1.82, 2.24) is 4.98 Å². The van der Waals surface area contributed by atoms with Gasteiger partial charge in [0.25, 0.3) is 0 Å². The summed E-state index contributed by atoms with van der Waals surface area (Å²) in [7, 11) is 0. The van der Waals surface area contributed by atoms with Crippen molar-refractivity contribution in [3.05, 3.63) is 24.0 Å². The number of hydrogen-bond donors (Lipinski definition) is 0. The van der Waals surface area contributed by atoms with Crippen molar-refractivity contribution in [2.75, 3.05) is 6.61 Å². The lowest BCUT2D eigenvalue weighted by Crippen LogP contribution is -2.28. The average Bonchev–Trinajstić information content (AvgIpc) is 2.54. The van der Waals surface area contributed by atoms with Crippen LogP contribution in [0, 0.1) is 11.3 Å². The third-order valence-electron chi connectivity index (χ3n) is 4.14. The highest BCUT2D eigenvalue weighted by Gasteiger charge is 2.35. The smallest absolute Gasteiger partial charge is 0.309 e. The first kappa shape index (κ1) is 18.3. The zero-order valence-corrected chi connectivity index (χ0v) is 14.8. The van der Waals surface area contributed by atoms with Gasteiger partial charge < -0.3 is 9.47 Å². The second kappa shape index (κ2) is 7.65. The number of nitriles is 1. The van der Waals surface area contributed by atoms with Gasteiger partial charge in [-0.2, -0.15) is 5.26 Å². The van der Waals surface area contributed by atoms with Crippen LogP contribution < -0.4 is 4.74 Å². The van der Waals surface area contributed by atoms with Crippen molar-refractivity contribution in [1.29, 1.82) is 5.26 Å². The molecule has 5 nitrogen and oxygen atoms in total. The molecule has 24 heavy (non-hydrogen) atoms. The molecule has 130 valence electrons. The maximum absolute atomic E-state index is 11.6. The number of hydrogen-bond acceptors (Lipinski definition) is 5. The minimum Gasteiger partial charge on any atom is -0.491 e. The van der Waals surface area contributed by atoms with Crippen molar-refractivity contribution >= 4 is 5.97 Å². The summed E-state index contributed by atoms with van der Waals surface area (Å²) in [6.07, 6.45) is 6.91. The standard InChI is InChI=1S/C19H26N2O3/c1-18(2,3)24-17(22)9-12-23-15-7-8-16(21-13-15)19(14-20)10-5-4-6-11-19/h7-8,13H,4-6,9-12H2,1-3H3. The number of ether oxygens (including phenoxy) is 2. The molecule has 1 aliphatic carbocycles. The van der Waals surface area contributed by atoms with Crippen molar-refractivity contribution in [3.63, 3.8) is 0 Å². The number of carbonyl (C=O) groups excluding carboxylic acids is 1. The van der Waals surface area contributed by atoms with Crippen molar-refractivity contribution in [2.45, 2.75) is 70.3 Å². The van der Waals surface area contributed by atoms with Crippen molar-refractivity contribution in [2.24, 2.45) is 0 Å². The van der Waals surface area contributed by atoms with Crippen LogP contribution in [-0.4, -0.2) is 23.2 Å². The van der Waals surface area contributed by atoms with Crippen LogP contribution in [0.2, 0.25) is 0 Å². The van der Waals surface area contributed by atoms with E-state index in [-0.39, 0.29) is 19.0 Å². The van der Waals surface area contributed by atoms with Gasteiger partial charge in [0.2, 0.25) is 0 Å². The van der Waals surface area contributed by atoms with E-state index < -0.39 is 11.0 Å². The molecule has 0 bridgehead atoms. The molecule has 1 fully saturated rings. The molecule has 0 radical (unpaired) electrons. The highest BCUT2D eigenvalue weighted by molar-refractivity contribution is 5.69. The van der Waals surface area contributed by atoms with Gasteiger partial charge in [-0.05, 0) is 45.7 Å². The number of carbonyl (C=O) groups is 1. The Balaban J connectivity index is 1.88. The Kier molecular flexibility index (Phi) is 5.82. The van der Waals surface area contributed by atoms with E-state index in [0.29, 0.717) is 5.75 Å². The molecule has 0 atom stereocenters. The van der Waals surface area contributed by atoms with Crippen LogP contribution in [0.5, 0.6) is 5.75 Å². The van der Waals surface area contributed by atoms with Crippen LogP contribution in [0.25, 0.3) is 0 Å². The molecule has 0 aromatic carbocycles. The fourth-order valence-corrected chi connectivity index (χ4v) is 2.97. The molecule has 1 aromatic heterocycles. The molecule has 0 N–H and O–H groups in total. The fourth-order valence-electron chi connectivity index (χ4n) is 2.97. The van der Waals surface area contributed by atoms with E-state index in [0.717, 1.165) is 31.4 Å². The van der Waals surface area contributed by atoms with Crippen molar-refractivity contribution in [3.8, 4) is 11.8 Å². The lowest BCUT2D eigenvalue weighted by molar-refractivity contribution is -0.155. The molecule has 5 heteroatoms. The van der Waals surface area contributed by atoms with Crippen LogP contribution in [0.4, 0.5) is 0 Å². The van der Waals surface area contributed by atoms with E-state index in [2.05, 4.69) is 11.1 Å². The SMILES string of the molecule is CC(C)(C)OC(=O)CCOc1ccc(C2(C#N)CCCCC2)nc1. The van der Waals surface area contributed by atoms with Crippen LogP contribution >= 0.6 is 0 Å². The molecule has 2 rings (SSSR count). The number of esters is 1. The summed E-state index contributed by atoms with van der Waals surface area (Å²) in [5.41, 5.74) is -0.108. The Hall–Kier alpha value is -2.09. The Bertz CT molecular complexity index is 591. The molecule has 0 amide bonds. The van der Waals surface area contributed by atoms with Gasteiger partial charge in [0.15, 0.2) is 0 Å². The first-order valence-corrected chi connectivity index (χ1v) is 8.57. The maximum Gasteiger partial charge on any atom is 0.309 e. The van der Waals surface area contributed by atoms with Crippen molar-refractivity contribution < 1.29 is 14.3 Å². The number of nitrogens with zero attached hydrogens (tertiary/aromatic N) is 2. The summed E-state index contributed by atoms with van der Waals surface area (Å²) in [6.45, 7) is 5.76. The Labute approximate surface area is 144 Å². The van der Waals surface area contributed by atoms with Gasteiger partial charge in [-0.25, -0.2) is 0 Å². The first-order chi connectivity index (χ1) is 11.3. The Morgan fingerprint density at radius 3 is 2.54 bits per heavy atom. The number of aromatic nitrogens is 1. The van der Waals surface area contributed by atoms with Crippen LogP contribution in [0.3, 0.4) is 0 Å². The lowest BCUT2D eigenvalue weighted by atomic mass is 9.73. The van der Waals surface area contributed by atoms with E-state index in [1.165, 1.54) is 6.42 Å². The van der Waals surface area contributed by atoms with Gasteiger partial charge in [-0.3, -0.25) is 9.78 Å². The monoisotopic (exact) mass is 330 g/mol. The minimum atomic E-state index is -0.480. The highest BCUT2D eigenvalue weighted by Crippen LogP contribution is 2.38. The van der Waals surface area contributed by atoms with Gasteiger partial charge in [-0.15, -0.1) is 0 Å². The van der Waals surface area contributed by atoms with Crippen LogP contribution in [0.15, 0.2) is 18.3 Å². The predicted molar refractivity (Wildman–Crippen MR) is 90.6 cm³/mol. The summed E-state index contributed by atoms with van der Waals surface area (Å²) >= 11 is 0. The molecule has 1 aliphatic rings. The summed E-state index contributed by atoms with van der Waals surface area (Å²) in [5, 5.41) is 9.59. The summed E-state index contributed by atoms with van der Waals surface area (Å²) in [4.78, 5) is 16.1. The number of pyridine rings is 1. The molecule has 1 saturated carbocycles. The van der Waals surface area contributed by atoms with Crippen LogP contribution in [0.1, 0.15) is 65.0 Å². The van der Waals surface area contributed by atoms with Gasteiger partial charge in [-0.1, -0.05) is 19.3 Å². The largest absolute Gasteiger partial charge is 0.491 e. The Morgan fingerprint density at radius 1 is 1.29 bits per heavy atom. The first-order valence-electron chi connectivity index (χ1n) is 8.57. The zero-order chi connectivity index (χ0) is 17.6. The minimum absolute atomic E-state index is 0.196. The summed E-state index contributed by atoms with van der Waals surface area (Å²) < 4.78 is 10.8. The van der Waals surface area contributed by atoms with E-state index in [9.17, 15) is 10.1 Å². The second-order valence-electron chi connectivity index (χ2n) is 7.32. The van der Waals surface area contributed by atoms with E-state index in [1.54, 1.807) is 6.20 Å².